The SMILES string of the molecule is Cc1cc(NC(C)Cc2c(C)noc2C)ccn1. The first-order chi connectivity index (χ1) is 8.56. The Morgan fingerprint density at radius 2 is 2.11 bits per heavy atom. The first-order valence-electron chi connectivity index (χ1n) is 6.17. The zero-order chi connectivity index (χ0) is 13.1. The minimum atomic E-state index is 0.323. The van der Waals surface area contributed by atoms with Gasteiger partial charge in [-0.1, -0.05) is 5.16 Å². The molecule has 2 aromatic heterocycles. The first-order valence-corrected chi connectivity index (χ1v) is 6.17. The third-order valence-electron chi connectivity index (χ3n) is 3.00. The average Bonchev–Trinajstić information content (AvgIpc) is 2.61. The summed E-state index contributed by atoms with van der Waals surface area (Å²) in [4.78, 5) is 4.19. The quantitative estimate of drug-likeness (QED) is 0.899. The first kappa shape index (κ1) is 12.6. The molecule has 1 N–H and O–H groups in total. The van der Waals surface area contributed by atoms with E-state index in [9.17, 15) is 0 Å². The minimum absolute atomic E-state index is 0.323. The summed E-state index contributed by atoms with van der Waals surface area (Å²) in [6.45, 7) is 8.08. The molecule has 0 aliphatic rings. The van der Waals surface area contributed by atoms with E-state index in [0.717, 1.165) is 29.3 Å². The number of anilines is 1. The van der Waals surface area contributed by atoms with Crippen LogP contribution in [0.15, 0.2) is 22.9 Å². The molecule has 0 spiro atoms. The van der Waals surface area contributed by atoms with Gasteiger partial charge < -0.3 is 9.84 Å². The maximum absolute atomic E-state index is 5.18. The van der Waals surface area contributed by atoms with Crippen molar-refractivity contribution in [2.24, 2.45) is 0 Å². The number of hydrogen-bond acceptors (Lipinski definition) is 4. The van der Waals surface area contributed by atoms with Crippen LogP contribution in [0.1, 0.15) is 29.6 Å². The molecule has 2 rings (SSSR count). The highest BCUT2D eigenvalue weighted by Crippen LogP contribution is 2.17. The fraction of sp³-hybridized carbons (Fsp3) is 0.429. The lowest BCUT2D eigenvalue weighted by atomic mass is 10.1. The van der Waals surface area contributed by atoms with Crippen molar-refractivity contribution in [1.29, 1.82) is 0 Å². The highest BCUT2D eigenvalue weighted by Gasteiger charge is 2.12. The van der Waals surface area contributed by atoms with E-state index in [2.05, 4.69) is 22.4 Å². The normalized spacial score (nSPS) is 12.4. The second kappa shape index (κ2) is 5.21. The lowest BCUT2D eigenvalue weighted by Crippen LogP contribution is -2.18. The van der Waals surface area contributed by atoms with E-state index in [1.54, 1.807) is 0 Å². The molecule has 0 aliphatic carbocycles. The summed E-state index contributed by atoms with van der Waals surface area (Å²) in [5.74, 6) is 0.909. The Kier molecular flexibility index (Phi) is 3.65. The Bertz CT molecular complexity index is 514. The smallest absolute Gasteiger partial charge is 0.137 e. The average molecular weight is 245 g/mol. The lowest BCUT2D eigenvalue weighted by molar-refractivity contribution is 0.392. The molecule has 1 unspecified atom stereocenters. The number of aromatic nitrogens is 2. The van der Waals surface area contributed by atoms with Crippen molar-refractivity contribution >= 4 is 5.69 Å². The van der Waals surface area contributed by atoms with Gasteiger partial charge in [0.15, 0.2) is 0 Å². The third kappa shape index (κ3) is 2.88. The van der Waals surface area contributed by atoms with Crippen molar-refractivity contribution in [2.45, 2.75) is 40.2 Å². The molecule has 2 aromatic rings. The predicted octanol–water partition coefficient (Wildman–Crippen LogP) is 3.04. The third-order valence-corrected chi connectivity index (χ3v) is 3.00. The van der Waals surface area contributed by atoms with Gasteiger partial charge in [-0.15, -0.1) is 0 Å². The molecule has 4 nitrogen and oxygen atoms in total. The maximum Gasteiger partial charge on any atom is 0.137 e. The fourth-order valence-corrected chi connectivity index (χ4v) is 2.07. The van der Waals surface area contributed by atoms with Crippen LogP contribution in [0.3, 0.4) is 0 Å². The van der Waals surface area contributed by atoms with Crippen LogP contribution >= 0.6 is 0 Å². The van der Waals surface area contributed by atoms with E-state index in [-0.39, 0.29) is 0 Å². The van der Waals surface area contributed by atoms with Crippen molar-refractivity contribution in [3.8, 4) is 0 Å². The summed E-state index contributed by atoms with van der Waals surface area (Å²) in [5.41, 5.74) is 4.29. The molecule has 0 amide bonds. The number of hydrogen-bond donors (Lipinski definition) is 1. The summed E-state index contributed by atoms with van der Waals surface area (Å²) in [5, 5.41) is 7.44. The summed E-state index contributed by atoms with van der Waals surface area (Å²) in [6.07, 6.45) is 2.73. The highest BCUT2D eigenvalue weighted by atomic mass is 16.5. The van der Waals surface area contributed by atoms with Crippen LogP contribution in [-0.4, -0.2) is 16.2 Å². The van der Waals surface area contributed by atoms with E-state index in [1.807, 2.05) is 39.1 Å². The van der Waals surface area contributed by atoms with Gasteiger partial charge in [0.25, 0.3) is 0 Å². The van der Waals surface area contributed by atoms with Crippen LogP contribution in [0.2, 0.25) is 0 Å². The Balaban J connectivity index is 2.03. The molecule has 0 bridgehead atoms. The van der Waals surface area contributed by atoms with E-state index >= 15 is 0 Å². The molecule has 0 saturated heterocycles. The molecule has 18 heavy (non-hydrogen) atoms. The molecule has 96 valence electrons. The zero-order valence-electron chi connectivity index (χ0n) is 11.3. The van der Waals surface area contributed by atoms with Gasteiger partial charge in [0.1, 0.15) is 5.76 Å². The van der Waals surface area contributed by atoms with Crippen molar-refractivity contribution in [3.05, 3.63) is 41.0 Å². The van der Waals surface area contributed by atoms with E-state index in [0.29, 0.717) is 6.04 Å². The van der Waals surface area contributed by atoms with Crippen LogP contribution < -0.4 is 5.32 Å². The Morgan fingerprint density at radius 3 is 2.72 bits per heavy atom. The van der Waals surface area contributed by atoms with Gasteiger partial charge in [0.05, 0.1) is 5.69 Å². The van der Waals surface area contributed by atoms with E-state index < -0.39 is 0 Å². The van der Waals surface area contributed by atoms with Crippen LogP contribution in [0, 0.1) is 20.8 Å². The lowest BCUT2D eigenvalue weighted by Gasteiger charge is -2.15. The molecular formula is C14H19N3O. The van der Waals surface area contributed by atoms with Crippen LogP contribution in [-0.2, 0) is 6.42 Å². The topological polar surface area (TPSA) is 51.0 Å². The van der Waals surface area contributed by atoms with Crippen LogP contribution in [0.4, 0.5) is 5.69 Å². The Hall–Kier alpha value is -1.84. The standard InChI is InChI=1S/C14H19N3O/c1-9-7-13(5-6-15-9)16-10(2)8-14-11(3)17-18-12(14)4/h5-7,10H,8H2,1-4H3,(H,15,16). The Labute approximate surface area is 107 Å². The second-order valence-corrected chi connectivity index (χ2v) is 4.74. The number of aryl methyl sites for hydroxylation is 3. The van der Waals surface area contributed by atoms with Gasteiger partial charge in [-0.25, -0.2) is 0 Å². The number of nitrogens with zero attached hydrogens (tertiary/aromatic N) is 2. The second-order valence-electron chi connectivity index (χ2n) is 4.74. The summed E-state index contributed by atoms with van der Waals surface area (Å²) < 4.78 is 5.18. The van der Waals surface area contributed by atoms with Gasteiger partial charge in [0, 0.05) is 29.2 Å². The highest BCUT2D eigenvalue weighted by molar-refractivity contribution is 5.44. The summed E-state index contributed by atoms with van der Waals surface area (Å²) >= 11 is 0. The van der Waals surface area contributed by atoms with Crippen molar-refractivity contribution in [2.75, 3.05) is 5.32 Å². The summed E-state index contributed by atoms with van der Waals surface area (Å²) in [6, 6.07) is 4.35. The van der Waals surface area contributed by atoms with Crippen molar-refractivity contribution < 1.29 is 4.52 Å². The molecule has 0 saturated carbocycles. The zero-order valence-corrected chi connectivity index (χ0v) is 11.3. The molecule has 1 atom stereocenters. The number of pyridine rings is 1. The minimum Gasteiger partial charge on any atom is -0.382 e. The van der Waals surface area contributed by atoms with Gasteiger partial charge in [-0.05, 0) is 46.2 Å². The molecule has 2 heterocycles. The van der Waals surface area contributed by atoms with Crippen LogP contribution in [0.5, 0.6) is 0 Å². The van der Waals surface area contributed by atoms with Crippen molar-refractivity contribution in [3.63, 3.8) is 0 Å². The largest absolute Gasteiger partial charge is 0.382 e. The van der Waals surface area contributed by atoms with Crippen LogP contribution in [0.25, 0.3) is 0 Å². The number of nitrogens with one attached hydrogen (secondary N) is 1. The predicted molar refractivity (Wildman–Crippen MR) is 71.7 cm³/mol. The van der Waals surface area contributed by atoms with E-state index in [1.165, 1.54) is 5.56 Å². The molecule has 4 heteroatoms. The van der Waals surface area contributed by atoms with Gasteiger partial charge >= 0.3 is 0 Å². The van der Waals surface area contributed by atoms with E-state index in [4.69, 9.17) is 4.52 Å². The number of rotatable bonds is 4. The molecule has 0 aromatic carbocycles. The van der Waals surface area contributed by atoms with Gasteiger partial charge in [0.2, 0.25) is 0 Å². The molecule has 0 fully saturated rings. The van der Waals surface area contributed by atoms with Gasteiger partial charge in [-0.3, -0.25) is 4.98 Å². The Morgan fingerprint density at radius 1 is 1.33 bits per heavy atom. The molecular weight excluding hydrogens is 226 g/mol. The molecule has 0 aliphatic heterocycles. The summed E-state index contributed by atoms with van der Waals surface area (Å²) in [7, 11) is 0. The maximum atomic E-state index is 5.18. The monoisotopic (exact) mass is 245 g/mol. The van der Waals surface area contributed by atoms with Crippen molar-refractivity contribution in [1.82, 2.24) is 10.1 Å². The van der Waals surface area contributed by atoms with Gasteiger partial charge in [-0.2, -0.15) is 0 Å². The fourth-order valence-electron chi connectivity index (χ4n) is 2.07. The molecule has 0 radical (unpaired) electrons.